The molecule has 2 aromatic heterocycles. The van der Waals surface area contributed by atoms with Crippen LogP contribution in [0.3, 0.4) is 0 Å². The fourth-order valence-corrected chi connectivity index (χ4v) is 5.34. The van der Waals surface area contributed by atoms with Gasteiger partial charge < -0.3 is 31.2 Å². The van der Waals surface area contributed by atoms with Gasteiger partial charge in [-0.05, 0) is 44.7 Å². The number of anilines is 3. The number of ether oxygens (including phenoxy) is 1. The van der Waals surface area contributed by atoms with Crippen molar-refractivity contribution in [1.29, 1.82) is 5.41 Å². The van der Waals surface area contributed by atoms with Crippen molar-refractivity contribution in [3.8, 4) is 0 Å². The first-order chi connectivity index (χ1) is 16.4. The molecule has 6 N–H and O–H groups in total. The minimum Gasteiger partial charge on any atom is -0.411 e. The van der Waals surface area contributed by atoms with Gasteiger partial charge in [-0.2, -0.15) is 0 Å². The van der Waals surface area contributed by atoms with Crippen molar-refractivity contribution < 1.29 is 9.94 Å². The van der Waals surface area contributed by atoms with Gasteiger partial charge in [0, 0.05) is 31.1 Å². The molecule has 2 atom stereocenters. The first-order valence-corrected chi connectivity index (χ1v) is 11.7. The lowest BCUT2D eigenvalue weighted by molar-refractivity contribution is 0.0974. The highest BCUT2D eigenvalue weighted by atomic mass is 16.5. The van der Waals surface area contributed by atoms with Crippen LogP contribution in [-0.2, 0) is 11.2 Å². The first-order valence-electron chi connectivity index (χ1n) is 11.7. The molecular formula is C23H31N9O2. The third kappa shape index (κ3) is 3.84. The van der Waals surface area contributed by atoms with Crippen molar-refractivity contribution in [1.82, 2.24) is 15.0 Å². The standard InChI is InChI=1S/C23H31N9O2/c1-14-20(24)23(13-34-14)6-9-31(10-7-23)18-12-27-19(21(25)30-18)22(26)32-8-2-3-16-17(32)5-4-15(29-16)11-28-33/h4-5,11-12,14,20,26,33H,2-3,6-10,13,24H2,1H3,(H2,25,30)/b26-22?,28-11+/t14-,20+/m0/s1. The fourth-order valence-electron chi connectivity index (χ4n) is 5.34. The quantitative estimate of drug-likeness (QED) is 0.227. The molecule has 180 valence electrons. The van der Waals surface area contributed by atoms with Gasteiger partial charge in [-0.25, -0.2) is 15.0 Å². The average molecular weight is 466 g/mol. The van der Waals surface area contributed by atoms with E-state index in [1.807, 2.05) is 17.9 Å². The molecule has 0 saturated carbocycles. The molecule has 3 aliphatic heterocycles. The summed E-state index contributed by atoms with van der Waals surface area (Å²) < 4.78 is 5.82. The molecule has 5 heterocycles. The van der Waals surface area contributed by atoms with Gasteiger partial charge in [0.1, 0.15) is 11.5 Å². The number of fused-ring (bicyclic) bond motifs is 1. The Labute approximate surface area is 198 Å². The highest BCUT2D eigenvalue weighted by Gasteiger charge is 2.47. The van der Waals surface area contributed by atoms with Crippen LogP contribution in [0.2, 0.25) is 0 Å². The summed E-state index contributed by atoms with van der Waals surface area (Å²) in [4.78, 5) is 17.7. The van der Waals surface area contributed by atoms with Crippen molar-refractivity contribution >= 4 is 29.4 Å². The lowest BCUT2D eigenvalue weighted by Gasteiger charge is -2.41. The summed E-state index contributed by atoms with van der Waals surface area (Å²) in [6, 6.07) is 3.70. The van der Waals surface area contributed by atoms with E-state index in [0.717, 1.165) is 56.0 Å². The topological polar surface area (TPSA) is 163 Å². The van der Waals surface area contributed by atoms with Crippen molar-refractivity contribution in [3.05, 3.63) is 35.4 Å². The number of nitrogen functional groups attached to an aromatic ring is 1. The molecule has 11 heteroatoms. The zero-order chi connectivity index (χ0) is 23.9. The SMILES string of the molecule is C[C@@H]1OCC2(CCN(c3cnc(C(=N)N4CCCc5nc(/C=N/O)ccc54)c(N)n3)CC2)[C@@H]1N. The maximum Gasteiger partial charge on any atom is 0.155 e. The third-order valence-electron chi connectivity index (χ3n) is 7.46. The van der Waals surface area contributed by atoms with E-state index in [0.29, 0.717) is 24.5 Å². The number of piperidine rings is 1. The molecular weight excluding hydrogens is 434 g/mol. The fraction of sp³-hybridized carbons (Fsp3) is 0.522. The molecule has 3 aliphatic rings. The van der Waals surface area contributed by atoms with Crippen molar-refractivity contribution in [3.63, 3.8) is 0 Å². The summed E-state index contributed by atoms with van der Waals surface area (Å²) in [5.41, 5.74) is 15.4. The van der Waals surface area contributed by atoms with Crippen LogP contribution < -0.4 is 21.3 Å². The van der Waals surface area contributed by atoms with Gasteiger partial charge in [0.25, 0.3) is 0 Å². The highest BCUT2D eigenvalue weighted by molar-refractivity contribution is 6.09. The minimum absolute atomic E-state index is 0.0372. The summed E-state index contributed by atoms with van der Waals surface area (Å²) in [5.74, 6) is 1.16. The molecule has 0 unspecified atom stereocenters. The van der Waals surface area contributed by atoms with Crippen LogP contribution in [-0.4, -0.2) is 70.6 Å². The predicted octanol–water partition coefficient (Wildman–Crippen LogP) is 1.37. The highest BCUT2D eigenvalue weighted by Crippen LogP contribution is 2.41. The summed E-state index contributed by atoms with van der Waals surface area (Å²) in [7, 11) is 0. The Balaban J connectivity index is 1.32. The van der Waals surface area contributed by atoms with Crippen molar-refractivity contribution in [2.75, 3.05) is 41.8 Å². The number of nitrogens with zero attached hydrogens (tertiary/aromatic N) is 6. The lowest BCUT2D eigenvalue weighted by atomic mass is 9.73. The molecule has 34 heavy (non-hydrogen) atoms. The van der Waals surface area contributed by atoms with Crippen LogP contribution >= 0.6 is 0 Å². The van der Waals surface area contributed by atoms with E-state index >= 15 is 0 Å². The number of oxime groups is 1. The second-order valence-corrected chi connectivity index (χ2v) is 9.40. The second kappa shape index (κ2) is 8.80. The Morgan fingerprint density at radius 1 is 1.29 bits per heavy atom. The Morgan fingerprint density at radius 2 is 2.09 bits per heavy atom. The summed E-state index contributed by atoms with van der Waals surface area (Å²) in [6.07, 6.45) is 6.61. The van der Waals surface area contributed by atoms with Crippen LogP contribution in [0.5, 0.6) is 0 Å². The molecule has 0 amide bonds. The number of rotatable bonds is 3. The second-order valence-electron chi connectivity index (χ2n) is 9.40. The summed E-state index contributed by atoms with van der Waals surface area (Å²) >= 11 is 0. The van der Waals surface area contributed by atoms with Gasteiger partial charge >= 0.3 is 0 Å². The number of hydrogen-bond donors (Lipinski definition) is 4. The number of nitrogens with one attached hydrogen (secondary N) is 1. The van der Waals surface area contributed by atoms with Gasteiger partial charge in [0.15, 0.2) is 11.7 Å². The Morgan fingerprint density at radius 3 is 2.76 bits per heavy atom. The van der Waals surface area contributed by atoms with Gasteiger partial charge in [-0.3, -0.25) is 5.41 Å². The molecule has 0 radical (unpaired) electrons. The van der Waals surface area contributed by atoms with Gasteiger partial charge in [0.2, 0.25) is 0 Å². The molecule has 0 bridgehead atoms. The van der Waals surface area contributed by atoms with E-state index in [4.69, 9.17) is 26.8 Å². The van der Waals surface area contributed by atoms with E-state index in [1.54, 1.807) is 12.3 Å². The summed E-state index contributed by atoms with van der Waals surface area (Å²) in [6.45, 7) is 5.07. The Kier molecular flexibility index (Phi) is 5.82. The monoisotopic (exact) mass is 465 g/mol. The normalized spacial score (nSPS) is 24.1. The van der Waals surface area contributed by atoms with Crippen molar-refractivity contribution in [2.24, 2.45) is 16.3 Å². The van der Waals surface area contributed by atoms with Crippen LogP contribution in [0.15, 0.2) is 23.5 Å². The maximum absolute atomic E-state index is 8.80. The first kappa shape index (κ1) is 22.5. The molecule has 0 aromatic carbocycles. The minimum atomic E-state index is 0.0372. The number of aromatic nitrogens is 3. The smallest absolute Gasteiger partial charge is 0.155 e. The molecule has 2 aromatic rings. The van der Waals surface area contributed by atoms with Crippen LogP contribution in [0.1, 0.15) is 43.3 Å². The molecule has 11 nitrogen and oxygen atoms in total. The molecule has 2 fully saturated rings. The van der Waals surface area contributed by atoms with E-state index in [9.17, 15) is 0 Å². The maximum atomic E-state index is 8.80. The molecule has 5 rings (SSSR count). The summed E-state index contributed by atoms with van der Waals surface area (Å²) in [5, 5.41) is 20.6. The molecule has 1 spiro atoms. The molecule has 2 saturated heterocycles. The van der Waals surface area contributed by atoms with Gasteiger partial charge in [0.05, 0.1) is 42.2 Å². The number of hydrogen-bond acceptors (Lipinski definition) is 10. The van der Waals surface area contributed by atoms with Crippen LogP contribution in [0, 0.1) is 10.8 Å². The largest absolute Gasteiger partial charge is 0.411 e. The average Bonchev–Trinajstić information content (AvgIpc) is 3.12. The van der Waals surface area contributed by atoms with Gasteiger partial charge in [-0.1, -0.05) is 5.16 Å². The zero-order valence-electron chi connectivity index (χ0n) is 19.3. The predicted molar refractivity (Wildman–Crippen MR) is 130 cm³/mol. The molecule has 0 aliphatic carbocycles. The third-order valence-corrected chi connectivity index (χ3v) is 7.46. The van der Waals surface area contributed by atoms with Gasteiger partial charge in [-0.15, -0.1) is 0 Å². The zero-order valence-corrected chi connectivity index (χ0v) is 19.3. The Hall–Kier alpha value is -3.31. The number of pyridine rings is 1. The number of aryl methyl sites for hydroxylation is 1. The van der Waals surface area contributed by atoms with E-state index in [2.05, 4.69) is 25.0 Å². The lowest BCUT2D eigenvalue weighted by Crippen LogP contribution is -2.50. The van der Waals surface area contributed by atoms with E-state index in [-0.39, 0.29) is 29.2 Å². The van der Waals surface area contributed by atoms with E-state index < -0.39 is 0 Å². The number of nitrogens with two attached hydrogens (primary N) is 2. The van der Waals surface area contributed by atoms with Crippen LogP contribution in [0.25, 0.3) is 0 Å². The number of amidine groups is 1. The van der Waals surface area contributed by atoms with E-state index in [1.165, 1.54) is 6.21 Å². The van der Waals surface area contributed by atoms with Crippen LogP contribution in [0.4, 0.5) is 17.3 Å². The van der Waals surface area contributed by atoms with Crippen molar-refractivity contribution in [2.45, 2.75) is 44.8 Å². The Bertz CT molecular complexity index is 1110.